The third-order valence-corrected chi connectivity index (χ3v) is 8.59. The summed E-state index contributed by atoms with van der Waals surface area (Å²) in [4.78, 5) is 12.7. The lowest BCUT2D eigenvalue weighted by atomic mass is 10.1. The number of halogens is 1. The highest BCUT2D eigenvalue weighted by molar-refractivity contribution is 7.92. The maximum absolute atomic E-state index is 13.0. The molecule has 0 saturated carbocycles. The van der Waals surface area contributed by atoms with Crippen molar-refractivity contribution in [3.63, 3.8) is 0 Å². The number of fused-ring (bicyclic) bond motifs is 1. The summed E-state index contributed by atoms with van der Waals surface area (Å²) >= 11 is 6.13. The quantitative estimate of drug-likeness (QED) is 0.316. The van der Waals surface area contributed by atoms with E-state index in [1.807, 2.05) is 30.3 Å². The average Bonchev–Trinajstić information content (AvgIpc) is 2.84. The van der Waals surface area contributed by atoms with E-state index in [4.69, 9.17) is 11.6 Å². The monoisotopic (exact) mass is 557 g/mol. The van der Waals surface area contributed by atoms with Crippen LogP contribution in [-0.2, 0) is 24.8 Å². The molecule has 2 N–H and O–H groups in total. The van der Waals surface area contributed by atoms with E-state index in [9.17, 15) is 21.6 Å². The van der Waals surface area contributed by atoms with Gasteiger partial charge in [-0.3, -0.25) is 13.8 Å². The molecule has 192 valence electrons. The van der Waals surface area contributed by atoms with Crippen molar-refractivity contribution in [3.05, 3.63) is 95.5 Å². The second-order valence-corrected chi connectivity index (χ2v) is 12.4. The Kier molecular flexibility index (Phi) is 7.44. The molecule has 0 heterocycles. The summed E-state index contributed by atoms with van der Waals surface area (Å²) in [6.07, 6.45) is 1.00. The van der Waals surface area contributed by atoms with E-state index in [-0.39, 0.29) is 4.90 Å². The molecule has 8 nitrogen and oxygen atoms in total. The first kappa shape index (κ1) is 26.5. The molecule has 4 aromatic rings. The lowest BCUT2D eigenvalue weighted by molar-refractivity contribution is -0.114. The van der Waals surface area contributed by atoms with E-state index in [0.717, 1.165) is 21.3 Å². The van der Waals surface area contributed by atoms with E-state index in [1.165, 1.54) is 24.3 Å². The van der Waals surface area contributed by atoms with E-state index >= 15 is 0 Å². The van der Waals surface area contributed by atoms with Gasteiger partial charge in [0.25, 0.3) is 10.0 Å². The topological polar surface area (TPSA) is 113 Å². The molecule has 0 aliphatic carbocycles. The first-order valence-electron chi connectivity index (χ1n) is 11.1. The van der Waals surface area contributed by atoms with Crippen LogP contribution in [0.25, 0.3) is 10.8 Å². The van der Waals surface area contributed by atoms with Gasteiger partial charge < -0.3 is 5.32 Å². The maximum atomic E-state index is 13.0. The Bertz CT molecular complexity index is 1680. The third-order valence-electron chi connectivity index (χ3n) is 5.68. The first-order chi connectivity index (χ1) is 17.5. The van der Waals surface area contributed by atoms with Crippen LogP contribution in [0.1, 0.15) is 5.56 Å². The predicted molar refractivity (Wildman–Crippen MR) is 148 cm³/mol. The van der Waals surface area contributed by atoms with E-state index in [0.29, 0.717) is 27.6 Å². The molecule has 37 heavy (non-hydrogen) atoms. The van der Waals surface area contributed by atoms with E-state index in [1.54, 1.807) is 37.3 Å². The zero-order valence-corrected chi connectivity index (χ0v) is 22.4. The third kappa shape index (κ3) is 6.04. The highest BCUT2D eigenvalue weighted by Crippen LogP contribution is 2.29. The van der Waals surface area contributed by atoms with Gasteiger partial charge in [-0.05, 0) is 60.3 Å². The number of anilines is 3. The molecule has 0 fully saturated rings. The highest BCUT2D eigenvalue weighted by Gasteiger charge is 2.23. The molecular formula is C26H24ClN3O5S2. The van der Waals surface area contributed by atoms with E-state index in [2.05, 4.69) is 10.0 Å². The maximum Gasteiger partial charge on any atom is 0.261 e. The largest absolute Gasteiger partial charge is 0.325 e. The molecule has 0 unspecified atom stereocenters. The standard InChI is InChI=1S/C26H24ClN3O5S2/c1-18-23(27)10-6-12-25(18)30(36(2,32)33)17-26(31)28-20-13-15-21(16-14-20)37(34,35)29-24-11-5-8-19-7-3-4-9-22(19)24/h3-16,29H,17H2,1-2H3,(H,28,31). The molecular weight excluding hydrogens is 534 g/mol. The molecule has 0 spiro atoms. The number of benzene rings is 4. The van der Waals surface area contributed by atoms with Crippen molar-refractivity contribution in [2.24, 2.45) is 0 Å². The van der Waals surface area contributed by atoms with Crippen molar-refractivity contribution in [2.45, 2.75) is 11.8 Å². The molecule has 1 amide bonds. The van der Waals surface area contributed by atoms with Gasteiger partial charge in [0.2, 0.25) is 15.9 Å². The van der Waals surface area contributed by atoms with E-state index < -0.39 is 32.5 Å². The minimum Gasteiger partial charge on any atom is -0.325 e. The fraction of sp³-hybridized carbons (Fsp3) is 0.115. The van der Waals surface area contributed by atoms with Crippen molar-refractivity contribution >= 4 is 65.4 Å². The van der Waals surface area contributed by atoms with Crippen molar-refractivity contribution in [1.82, 2.24) is 0 Å². The molecule has 0 aliphatic rings. The van der Waals surface area contributed by atoms with Crippen LogP contribution >= 0.6 is 11.6 Å². The van der Waals surface area contributed by atoms with Gasteiger partial charge in [-0.15, -0.1) is 0 Å². The van der Waals surface area contributed by atoms with Crippen molar-refractivity contribution in [3.8, 4) is 0 Å². The zero-order chi connectivity index (χ0) is 26.8. The summed E-state index contributed by atoms with van der Waals surface area (Å²) < 4.78 is 54.3. The normalized spacial score (nSPS) is 11.8. The SMILES string of the molecule is Cc1c(Cl)cccc1N(CC(=O)Nc1ccc(S(=O)(=O)Nc2cccc3ccccc23)cc1)S(C)(=O)=O. The Hall–Kier alpha value is -3.60. The molecule has 0 atom stereocenters. The minimum atomic E-state index is -3.90. The van der Waals surface area contributed by atoms with Gasteiger partial charge in [0.1, 0.15) is 6.54 Å². The van der Waals surface area contributed by atoms with Crippen LogP contribution < -0.4 is 14.3 Å². The molecule has 11 heteroatoms. The van der Waals surface area contributed by atoms with Crippen LogP contribution in [0.4, 0.5) is 17.1 Å². The lowest BCUT2D eigenvalue weighted by Gasteiger charge is -2.24. The highest BCUT2D eigenvalue weighted by atomic mass is 35.5. The zero-order valence-electron chi connectivity index (χ0n) is 20.0. The molecule has 0 bridgehead atoms. The Morgan fingerprint density at radius 1 is 0.865 bits per heavy atom. The number of nitrogens with one attached hydrogen (secondary N) is 2. The summed E-state index contributed by atoms with van der Waals surface area (Å²) in [5.41, 5.74) is 1.58. The molecule has 0 aliphatic heterocycles. The Morgan fingerprint density at radius 3 is 2.22 bits per heavy atom. The minimum absolute atomic E-state index is 0.00532. The molecule has 0 aromatic heterocycles. The van der Waals surface area contributed by atoms with Crippen molar-refractivity contribution in [1.29, 1.82) is 0 Å². The fourth-order valence-electron chi connectivity index (χ4n) is 3.81. The van der Waals surface area contributed by atoms with Crippen molar-refractivity contribution < 1.29 is 21.6 Å². The number of hydrogen-bond donors (Lipinski definition) is 2. The first-order valence-corrected chi connectivity index (χ1v) is 14.8. The number of hydrogen-bond acceptors (Lipinski definition) is 5. The number of sulfonamides is 2. The number of amides is 1. The van der Waals surface area contributed by atoms with Crippen LogP contribution in [0.2, 0.25) is 5.02 Å². The van der Waals surface area contributed by atoms with Gasteiger partial charge in [-0.2, -0.15) is 0 Å². The number of carbonyl (C=O) groups is 1. The van der Waals surface area contributed by atoms with Crippen molar-refractivity contribution in [2.75, 3.05) is 27.1 Å². The molecule has 4 aromatic carbocycles. The van der Waals surface area contributed by atoms with Crippen LogP contribution in [0.3, 0.4) is 0 Å². The Balaban J connectivity index is 1.50. The van der Waals surface area contributed by atoms with Gasteiger partial charge in [-0.25, -0.2) is 16.8 Å². The van der Waals surface area contributed by atoms with Crippen LogP contribution in [0.15, 0.2) is 89.8 Å². The Labute approximate surface area is 221 Å². The summed E-state index contributed by atoms with van der Waals surface area (Å²) in [7, 11) is -7.69. The van der Waals surface area contributed by atoms with Gasteiger partial charge >= 0.3 is 0 Å². The molecule has 4 rings (SSSR count). The van der Waals surface area contributed by atoms with Gasteiger partial charge in [0.15, 0.2) is 0 Å². The summed E-state index contributed by atoms with van der Waals surface area (Å²) in [6.45, 7) is 1.18. The average molecular weight is 558 g/mol. The molecule has 0 radical (unpaired) electrons. The Morgan fingerprint density at radius 2 is 1.51 bits per heavy atom. The number of carbonyl (C=O) groups excluding carboxylic acids is 1. The number of nitrogens with zero attached hydrogens (tertiary/aromatic N) is 1. The predicted octanol–water partition coefficient (Wildman–Crippen LogP) is 5.01. The number of rotatable bonds is 8. The smallest absolute Gasteiger partial charge is 0.261 e. The van der Waals surface area contributed by atoms with Crippen LogP contribution in [0.5, 0.6) is 0 Å². The summed E-state index contributed by atoms with van der Waals surface area (Å²) in [5, 5.41) is 4.65. The second kappa shape index (κ2) is 10.4. The van der Waals surface area contributed by atoms with Gasteiger partial charge in [0.05, 0.1) is 22.5 Å². The van der Waals surface area contributed by atoms with Crippen LogP contribution in [0, 0.1) is 6.92 Å². The van der Waals surface area contributed by atoms with Gasteiger partial charge in [0, 0.05) is 16.1 Å². The molecule has 0 saturated heterocycles. The van der Waals surface area contributed by atoms with Gasteiger partial charge in [-0.1, -0.05) is 54.1 Å². The lowest BCUT2D eigenvalue weighted by Crippen LogP contribution is -2.37. The summed E-state index contributed by atoms with van der Waals surface area (Å²) in [5.74, 6) is -0.603. The summed E-state index contributed by atoms with van der Waals surface area (Å²) in [6, 6.07) is 23.2. The fourth-order valence-corrected chi connectivity index (χ4v) is 5.97. The van der Waals surface area contributed by atoms with Crippen LogP contribution in [-0.4, -0.2) is 35.5 Å². The second-order valence-electron chi connectivity index (χ2n) is 8.36.